The van der Waals surface area contributed by atoms with E-state index in [2.05, 4.69) is 20.6 Å². The SMILES string of the molecule is Cc1cc2[nH]c(=O)[nH]c2cc1NC(=O)Nc1ccccc1C(F)(F)F. The highest BCUT2D eigenvalue weighted by atomic mass is 19.4. The van der Waals surface area contributed by atoms with Gasteiger partial charge >= 0.3 is 17.9 Å². The van der Waals surface area contributed by atoms with Crippen molar-refractivity contribution in [3.05, 3.63) is 58.0 Å². The van der Waals surface area contributed by atoms with Crippen molar-refractivity contribution in [1.29, 1.82) is 0 Å². The van der Waals surface area contributed by atoms with Crippen molar-refractivity contribution >= 4 is 28.4 Å². The molecule has 130 valence electrons. The van der Waals surface area contributed by atoms with Crippen LogP contribution < -0.4 is 16.3 Å². The largest absolute Gasteiger partial charge is 0.418 e. The molecule has 1 aromatic heterocycles. The molecule has 0 aliphatic heterocycles. The van der Waals surface area contributed by atoms with Gasteiger partial charge in [0.05, 0.1) is 22.3 Å². The summed E-state index contributed by atoms with van der Waals surface area (Å²) < 4.78 is 38.9. The molecule has 25 heavy (non-hydrogen) atoms. The lowest BCUT2D eigenvalue weighted by Crippen LogP contribution is -2.22. The number of nitrogens with one attached hydrogen (secondary N) is 4. The summed E-state index contributed by atoms with van der Waals surface area (Å²) in [4.78, 5) is 28.5. The van der Waals surface area contributed by atoms with Crippen LogP contribution in [0.3, 0.4) is 0 Å². The Morgan fingerprint density at radius 3 is 2.28 bits per heavy atom. The molecule has 0 bridgehead atoms. The van der Waals surface area contributed by atoms with Gasteiger partial charge < -0.3 is 20.6 Å². The summed E-state index contributed by atoms with van der Waals surface area (Å²) in [6.45, 7) is 1.70. The molecule has 0 fully saturated rings. The van der Waals surface area contributed by atoms with Crippen LogP contribution in [-0.2, 0) is 6.18 Å². The van der Waals surface area contributed by atoms with Gasteiger partial charge in [-0.3, -0.25) is 0 Å². The minimum absolute atomic E-state index is 0.346. The Labute approximate surface area is 139 Å². The number of hydrogen-bond donors (Lipinski definition) is 4. The van der Waals surface area contributed by atoms with E-state index in [0.717, 1.165) is 6.07 Å². The third kappa shape index (κ3) is 3.49. The second kappa shape index (κ2) is 6.00. The Bertz CT molecular complexity index is 1000. The number of aromatic amines is 2. The molecule has 0 spiro atoms. The molecule has 6 nitrogen and oxygen atoms in total. The van der Waals surface area contributed by atoms with E-state index >= 15 is 0 Å². The lowest BCUT2D eigenvalue weighted by Gasteiger charge is -2.14. The summed E-state index contributed by atoms with van der Waals surface area (Å²) in [5.41, 5.74) is 0.368. The molecule has 3 aromatic rings. The molecular formula is C16H13F3N4O2. The maximum Gasteiger partial charge on any atom is 0.418 e. The third-order valence-electron chi connectivity index (χ3n) is 3.59. The number of imidazole rings is 1. The summed E-state index contributed by atoms with van der Waals surface area (Å²) in [6.07, 6.45) is -4.58. The van der Waals surface area contributed by atoms with E-state index in [0.29, 0.717) is 22.3 Å². The Hall–Kier alpha value is -3.23. The normalized spacial score (nSPS) is 11.5. The van der Waals surface area contributed by atoms with Crippen LogP contribution in [0, 0.1) is 6.92 Å². The molecule has 0 saturated heterocycles. The van der Waals surface area contributed by atoms with Crippen molar-refractivity contribution < 1.29 is 18.0 Å². The number of benzene rings is 2. The molecular weight excluding hydrogens is 337 g/mol. The molecule has 2 amide bonds. The van der Waals surface area contributed by atoms with Crippen LogP contribution in [-0.4, -0.2) is 16.0 Å². The van der Waals surface area contributed by atoms with Crippen molar-refractivity contribution in [3.8, 4) is 0 Å². The molecule has 0 aliphatic carbocycles. The van der Waals surface area contributed by atoms with Crippen molar-refractivity contribution in [3.63, 3.8) is 0 Å². The zero-order valence-electron chi connectivity index (χ0n) is 12.9. The van der Waals surface area contributed by atoms with Crippen molar-refractivity contribution in [1.82, 2.24) is 9.97 Å². The minimum atomic E-state index is -4.58. The molecule has 2 aromatic carbocycles. The molecule has 0 aliphatic rings. The summed E-state index contributed by atoms with van der Waals surface area (Å²) in [7, 11) is 0. The minimum Gasteiger partial charge on any atom is -0.307 e. The molecule has 0 unspecified atom stereocenters. The molecule has 0 radical (unpaired) electrons. The first-order chi connectivity index (χ1) is 11.7. The number of amides is 2. The van der Waals surface area contributed by atoms with E-state index in [1.54, 1.807) is 13.0 Å². The highest BCUT2D eigenvalue weighted by Crippen LogP contribution is 2.34. The average Bonchev–Trinajstić information content (AvgIpc) is 2.86. The van der Waals surface area contributed by atoms with Gasteiger partial charge in [-0.15, -0.1) is 0 Å². The van der Waals surface area contributed by atoms with Crippen LogP contribution in [0.2, 0.25) is 0 Å². The predicted molar refractivity (Wildman–Crippen MR) is 87.7 cm³/mol. The van der Waals surface area contributed by atoms with Crippen LogP contribution in [0.4, 0.5) is 29.3 Å². The second-order valence-electron chi connectivity index (χ2n) is 5.41. The van der Waals surface area contributed by atoms with Crippen LogP contribution in [0.1, 0.15) is 11.1 Å². The number of rotatable bonds is 2. The van der Waals surface area contributed by atoms with Crippen LogP contribution >= 0.6 is 0 Å². The number of urea groups is 1. The van der Waals surface area contributed by atoms with Gasteiger partial charge in [0.1, 0.15) is 0 Å². The first-order valence-electron chi connectivity index (χ1n) is 7.21. The number of halogens is 3. The Balaban J connectivity index is 1.84. The Morgan fingerprint density at radius 2 is 1.60 bits per heavy atom. The van der Waals surface area contributed by atoms with Gasteiger partial charge in [-0.2, -0.15) is 13.2 Å². The number of H-pyrrole nitrogens is 2. The summed E-state index contributed by atoms with van der Waals surface area (Å²) >= 11 is 0. The highest BCUT2D eigenvalue weighted by Gasteiger charge is 2.33. The number of carbonyl (C=O) groups is 1. The van der Waals surface area contributed by atoms with E-state index in [4.69, 9.17) is 0 Å². The van der Waals surface area contributed by atoms with Crippen molar-refractivity contribution in [2.45, 2.75) is 13.1 Å². The number of para-hydroxylation sites is 1. The fourth-order valence-corrected chi connectivity index (χ4v) is 2.44. The standard InChI is InChI=1S/C16H13F3N4O2/c1-8-6-12-13(23-15(25)22-12)7-11(8)21-14(24)20-10-5-3-2-4-9(10)16(17,18)19/h2-7H,1H3,(H2,20,21,24)(H2,22,23,25). The summed E-state index contributed by atoms with van der Waals surface area (Å²) in [5, 5.41) is 4.68. The molecule has 1 heterocycles. The first kappa shape index (κ1) is 16.6. The van der Waals surface area contributed by atoms with Gasteiger partial charge in [0, 0.05) is 5.69 Å². The topological polar surface area (TPSA) is 89.8 Å². The van der Waals surface area contributed by atoms with Gasteiger partial charge in [0.2, 0.25) is 0 Å². The van der Waals surface area contributed by atoms with Crippen LogP contribution in [0.25, 0.3) is 11.0 Å². The number of alkyl halides is 3. The number of anilines is 2. The third-order valence-corrected chi connectivity index (χ3v) is 3.59. The Kier molecular flexibility index (Phi) is 3.99. The lowest BCUT2D eigenvalue weighted by atomic mass is 10.1. The predicted octanol–water partition coefficient (Wildman–Crippen LogP) is 3.83. The van der Waals surface area contributed by atoms with Crippen molar-refractivity contribution in [2.75, 3.05) is 10.6 Å². The zero-order valence-corrected chi connectivity index (χ0v) is 12.9. The number of hydrogen-bond acceptors (Lipinski definition) is 2. The van der Waals surface area contributed by atoms with Gasteiger partial charge in [-0.25, -0.2) is 9.59 Å². The van der Waals surface area contributed by atoms with E-state index in [9.17, 15) is 22.8 Å². The second-order valence-corrected chi connectivity index (χ2v) is 5.41. The summed E-state index contributed by atoms with van der Waals surface area (Å²) in [6, 6.07) is 7.04. The number of fused-ring (bicyclic) bond motifs is 1. The number of carbonyl (C=O) groups excluding carboxylic acids is 1. The first-order valence-corrected chi connectivity index (χ1v) is 7.21. The Morgan fingerprint density at radius 1 is 1.00 bits per heavy atom. The fraction of sp³-hybridized carbons (Fsp3) is 0.125. The number of aromatic nitrogens is 2. The van der Waals surface area contributed by atoms with Gasteiger partial charge in [-0.1, -0.05) is 12.1 Å². The number of aryl methyl sites for hydroxylation is 1. The average molecular weight is 350 g/mol. The quantitative estimate of drug-likeness (QED) is 0.566. The van der Waals surface area contributed by atoms with Gasteiger partial charge in [0.25, 0.3) is 0 Å². The van der Waals surface area contributed by atoms with E-state index in [1.165, 1.54) is 24.3 Å². The maximum absolute atomic E-state index is 13.0. The molecule has 0 atom stereocenters. The summed E-state index contributed by atoms with van der Waals surface area (Å²) in [5.74, 6) is 0. The van der Waals surface area contributed by atoms with Gasteiger partial charge in [0.15, 0.2) is 0 Å². The molecule has 3 rings (SSSR count). The molecule has 9 heteroatoms. The van der Waals surface area contributed by atoms with E-state index in [1.807, 2.05) is 0 Å². The lowest BCUT2D eigenvalue weighted by molar-refractivity contribution is -0.136. The van der Waals surface area contributed by atoms with Gasteiger partial charge in [-0.05, 0) is 36.8 Å². The zero-order chi connectivity index (χ0) is 18.2. The van der Waals surface area contributed by atoms with E-state index in [-0.39, 0.29) is 5.69 Å². The maximum atomic E-state index is 13.0. The monoisotopic (exact) mass is 350 g/mol. The van der Waals surface area contributed by atoms with Crippen LogP contribution in [0.5, 0.6) is 0 Å². The van der Waals surface area contributed by atoms with E-state index < -0.39 is 23.5 Å². The molecule has 4 N–H and O–H groups in total. The molecule has 0 saturated carbocycles. The van der Waals surface area contributed by atoms with Crippen molar-refractivity contribution in [2.24, 2.45) is 0 Å². The van der Waals surface area contributed by atoms with Crippen LogP contribution in [0.15, 0.2) is 41.2 Å². The fourth-order valence-electron chi connectivity index (χ4n) is 2.44. The highest BCUT2D eigenvalue weighted by molar-refractivity contribution is 6.01. The smallest absolute Gasteiger partial charge is 0.307 e.